The minimum absolute atomic E-state index is 0.00986. The maximum Gasteiger partial charge on any atom is 0.332 e. The molecule has 32 heavy (non-hydrogen) atoms. The molecule has 1 N–H and O–H groups in total. The highest BCUT2D eigenvalue weighted by Gasteiger charge is 2.27. The second kappa shape index (κ2) is 10.0. The summed E-state index contributed by atoms with van der Waals surface area (Å²) in [6.45, 7) is 1.77. The van der Waals surface area contributed by atoms with Gasteiger partial charge < -0.3 is 10.2 Å². The first-order valence-corrected chi connectivity index (χ1v) is 12.6. The van der Waals surface area contributed by atoms with E-state index in [2.05, 4.69) is 5.32 Å². The van der Waals surface area contributed by atoms with E-state index in [-0.39, 0.29) is 35.8 Å². The number of fused-ring (bicyclic) bond motifs is 1. The van der Waals surface area contributed by atoms with Crippen molar-refractivity contribution in [1.82, 2.24) is 19.4 Å². The Labute approximate surface area is 191 Å². The maximum absolute atomic E-state index is 13.4. The maximum atomic E-state index is 13.4. The highest BCUT2D eigenvalue weighted by molar-refractivity contribution is 7.17. The van der Waals surface area contributed by atoms with Gasteiger partial charge in [0.15, 0.2) is 0 Å². The van der Waals surface area contributed by atoms with Crippen LogP contribution < -0.4 is 16.6 Å². The number of rotatable bonds is 5. The van der Waals surface area contributed by atoms with Crippen LogP contribution in [0.5, 0.6) is 0 Å². The zero-order chi connectivity index (χ0) is 22.7. The lowest BCUT2D eigenvalue weighted by atomic mass is 9.81. The normalized spacial score (nSPS) is 22.0. The smallest absolute Gasteiger partial charge is 0.332 e. The minimum atomic E-state index is -0.405. The van der Waals surface area contributed by atoms with Gasteiger partial charge in [0.25, 0.3) is 5.56 Å². The van der Waals surface area contributed by atoms with Crippen LogP contribution in [0.2, 0.25) is 0 Å². The molecular formula is C23H32N4O4S. The molecule has 0 radical (unpaired) electrons. The fraction of sp³-hybridized carbons (Fsp3) is 0.652. The van der Waals surface area contributed by atoms with Crippen LogP contribution in [0.1, 0.15) is 51.4 Å². The van der Waals surface area contributed by atoms with Crippen LogP contribution in [0.4, 0.5) is 0 Å². The van der Waals surface area contributed by atoms with E-state index in [1.807, 2.05) is 4.90 Å². The van der Waals surface area contributed by atoms with Crippen LogP contribution in [0.25, 0.3) is 10.2 Å². The Kier molecular flexibility index (Phi) is 7.13. The lowest BCUT2D eigenvalue weighted by Gasteiger charge is -2.28. The van der Waals surface area contributed by atoms with Gasteiger partial charge >= 0.3 is 5.69 Å². The van der Waals surface area contributed by atoms with Crippen LogP contribution in [-0.4, -0.2) is 46.0 Å². The Morgan fingerprint density at radius 3 is 2.38 bits per heavy atom. The Hall–Kier alpha value is -2.42. The second-order valence-corrected chi connectivity index (χ2v) is 9.96. The summed E-state index contributed by atoms with van der Waals surface area (Å²) >= 11 is 1.32. The number of carbonyl (C=O) groups is 2. The summed E-state index contributed by atoms with van der Waals surface area (Å²) in [6.07, 6.45) is 7.39. The molecule has 0 atom stereocenters. The molecule has 0 unspecified atom stereocenters. The molecule has 1 aliphatic heterocycles. The Balaban J connectivity index is 1.57. The van der Waals surface area contributed by atoms with Gasteiger partial charge in [-0.2, -0.15) is 0 Å². The van der Waals surface area contributed by atoms with Crippen LogP contribution in [0, 0.1) is 11.8 Å². The predicted octanol–water partition coefficient (Wildman–Crippen LogP) is 2.18. The van der Waals surface area contributed by atoms with Crippen LogP contribution >= 0.6 is 11.3 Å². The largest absolute Gasteiger partial charge is 0.359 e. The summed E-state index contributed by atoms with van der Waals surface area (Å²) in [5.74, 6) is 0.192. The van der Waals surface area contributed by atoms with Gasteiger partial charge in [0.2, 0.25) is 11.8 Å². The van der Waals surface area contributed by atoms with E-state index in [1.165, 1.54) is 20.5 Å². The van der Waals surface area contributed by atoms with Gasteiger partial charge in [-0.25, -0.2) is 4.79 Å². The summed E-state index contributed by atoms with van der Waals surface area (Å²) in [4.78, 5) is 53.2. The van der Waals surface area contributed by atoms with E-state index in [9.17, 15) is 19.2 Å². The highest BCUT2D eigenvalue weighted by Crippen LogP contribution is 2.29. The zero-order valence-electron chi connectivity index (χ0n) is 18.7. The molecule has 1 aliphatic carbocycles. The summed E-state index contributed by atoms with van der Waals surface area (Å²) in [7, 11) is 1.65. The summed E-state index contributed by atoms with van der Waals surface area (Å²) in [5.41, 5.74) is -0.128. The standard InChI is InChI=1S/C23H32N4O4S/c1-24-21(29)17-8-6-16(7-9-17)14-27-22(30)20-18(10-13-32-20)26(23(27)31)15-19(28)25-11-4-2-3-5-12-25/h10,13,16-17H,2-9,11-12,14-15H2,1H3,(H,24,29). The van der Waals surface area contributed by atoms with Crippen molar-refractivity contribution in [3.63, 3.8) is 0 Å². The number of aromatic nitrogens is 2. The quantitative estimate of drug-likeness (QED) is 0.740. The van der Waals surface area contributed by atoms with Crippen LogP contribution in [0.15, 0.2) is 21.0 Å². The Bertz CT molecular complexity index is 1090. The SMILES string of the molecule is CNC(=O)C1CCC(Cn2c(=O)c3sccc3n(CC(=O)N3CCCCCC3)c2=O)CC1. The molecule has 4 rings (SSSR count). The molecule has 9 heteroatoms. The second-order valence-electron chi connectivity index (χ2n) is 9.05. The van der Waals surface area contributed by atoms with Crippen LogP contribution in [0.3, 0.4) is 0 Å². The van der Waals surface area contributed by atoms with Gasteiger partial charge in [0.1, 0.15) is 11.2 Å². The third kappa shape index (κ3) is 4.67. The number of likely N-dealkylation sites (tertiary alicyclic amines) is 1. The Morgan fingerprint density at radius 1 is 1.03 bits per heavy atom. The van der Waals surface area contributed by atoms with Gasteiger partial charge in [-0.1, -0.05) is 12.8 Å². The van der Waals surface area contributed by atoms with Crippen molar-refractivity contribution < 1.29 is 9.59 Å². The molecule has 8 nitrogen and oxygen atoms in total. The molecule has 3 heterocycles. The number of nitrogens with zero attached hydrogens (tertiary/aromatic N) is 3. The Morgan fingerprint density at radius 2 is 1.72 bits per heavy atom. The topological polar surface area (TPSA) is 93.4 Å². The summed E-state index contributed by atoms with van der Waals surface area (Å²) in [6, 6.07) is 1.76. The minimum Gasteiger partial charge on any atom is -0.359 e. The van der Waals surface area contributed by atoms with Crippen LogP contribution in [-0.2, 0) is 22.7 Å². The molecule has 2 aromatic heterocycles. The van der Waals surface area contributed by atoms with E-state index in [1.54, 1.807) is 18.5 Å². The zero-order valence-corrected chi connectivity index (χ0v) is 19.5. The average Bonchev–Trinajstić information content (AvgIpc) is 3.14. The fourth-order valence-electron chi connectivity index (χ4n) is 5.07. The third-order valence-electron chi connectivity index (χ3n) is 6.99. The monoisotopic (exact) mass is 460 g/mol. The van der Waals surface area contributed by atoms with Crippen molar-refractivity contribution in [3.05, 3.63) is 32.3 Å². The third-order valence-corrected chi connectivity index (χ3v) is 7.88. The van der Waals surface area contributed by atoms with E-state index >= 15 is 0 Å². The average molecular weight is 461 g/mol. The molecule has 1 saturated heterocycles. The molecule has 0 aromatic carbocycles. The lowest BCUT2D eigenvalue weighted by molar-refractivity contribution is -0.131. The van der Waals surface area contributed by atoms with Gasteiger partial charge in [0.05, 0.1) is 5.52 Å². The molecule has 0 spiro atoms. The number of amides is 2. The van der Waals surface area contributed by atoms with Gasteiger partial charge in [-0.3, -0.25) is 23.5 Å². The number of thiophene rings is 1. The molecule has 2 fully saturated rings. The van der Waals surface area contributed by atoms with Gasteiger partial charge in [-0.05, 0) is 55.9 Å². The molecule has 1 saturated carbocycles. The van der Waals surface area contributed by atoms with E-state index < -0.39 is 5.69 Å². The van der Waals surface area contributed by atoms with Gasteiger partial charge in [0, 0.05) is 32.6 Å². The number of carbonyl (C=O) groups excluding carboxylic acids is 2. The molecule has 2 amide bonds. The molecule has 0 bridgehead atoms. The first-order valence-electron chi connectivity index (χ1n) is 11.7. The van der Waals surface area contributed by atoms with Crippen molar-refractivity contribution in [2.24, 2.45) is 11.8 Å². The summed E-state index contributed by atoms with van der Waals surface area (Å²) in [5, 5.41) is 4.51. The number of hydrogen-bond acceptors (Lipinski definition) is 5. The van der Waals surface area contributed by atoms with Crippen molar-refractivity contribution in [2.75, 3.05) is 20.1 Å². The van der Waals surface area contributed by atoms with Gasteiger partial charge in [-0.15, -0.1) is 11.3 Å². The molecule has 2 aromatic rings. The van der Waals surface area contributed by atoms with Crippen molar-refractivity contribution >= 4 is 33.4 Å². The van der Waals surface area contributed by atoms with Crippen molar-refractivity contribution in [1.29, 1.82) is 0 Å². The van der Waals surface area contributed by atoms with Crippen molar-refractivity contribution in [3.8, 4) is 0 Å². The van der Waals surface area contributed by atoms with E-state index in [0.29, 0.717) is 16.8 Å². The predicted molar refractivity (Wildman–Crippen MR) is 125 cm³/mol. The first kappa shape index (κ1) is 22.8. The highest BCUT2D eigenvalue weighted by atomic mass is 32.1. The first-order chi connectivity index (χ1) is 15.5. The fourth-order valence-corrected chi connectivity index (χ4v) is 5.91. The number of nitrogens with one attached hydrogen (secondary N) is 1. The lowest BCUT2D eigenvalue weighted by Crippen LogP contribution is -2.44. The summed E-state index contributed by atoms with van der Waals surface area (Å²) < 4.78 is 3.32. The van der Waals surface area contributed by atoms with E-state index in [4.69, 9.17) is 0 Å². The van der Waals surface area contributed by atoms with E-state index in [0.717, 1.165) is 64.5 Å². The molecule has 174 valence electrons. The van der Waals surface area contributed by atoms with Crippen molar-refractivity contribution in [2.45, 2.75) is 64.5 Å². The number of hydrogen-bond donors (Lipinski definition) is 1. The molecular weight excluding hydrogens is 428 g/mol. The molecule has 2 aliphatic rings.